The van der Waals surface area contributed by atoms with E-state index in [2.05, 4.69) is 40.4 Å². The first-order chi connectivity index (χ1) is 12.5. The predicted molar refractivity (Wildman–Crippen MR) is 114 cm³/mol. The monoisotopic (exact) mass is 413 g/mol. The second-order valence-electron chi connectivity index (χ2n) is 10.4. The summed E-state index contributed by atoms with van der Waals surface area (Å²) in [6.45, 7) is 22.9. The second kappa shape index (κ2) is 8.57. The molecule has 0 aromatic heterocycles. The number of carboxylic acid groups (broad SMARTS) is 1. The van der Waals surface area contributed by atoms with Gasteiger partial charge in [0, 0.05) is 25.0 Å². The fourth-order valence-corrected chi connectivity index (χ4v) is 4.35. The van der Waals surface area contributed by atoms with Gasteiger partial charge in [-0.1, -0.05) is 32.9 Å². The molecule has 0 radical (unpaired) electrons. The minimum absolute atomic E-state index is 0.0864. The number of ether oxygens (including phenoxy) is 1. The molecule has 1 heterocycles. The maximum absolute atomic E-state index is 12.6. The summed E-state index contributed by atoms with van der Waals surface area (Å²) in [6.07, 6.45) is -0.0145. The molecule has 0 unspecified atom stereocenters. The molecule has 0 aromatic rings. The van der Waals surface area contributed by atoms with E-state index in [1.54, 1.807) is 20.8 Å². The number of amides is 1. The Bertz CT molecular complexity index is 603. The lowest BCUT2D eigenvalue weighted by Gasteiger charge is -2.37. The van der Waals surface area contributed by atoms with Gasteiger partial charge >= 0.3 is 12.1 Å². The van der Waals surface area contributed by atoms with Crippen LogP contribution in [0.4, 0.5) is 4.79 Å². The number of rotatable bonds is 6. The Hall–Kier alpha value is -1.34. The van der Waals surface area contributed by atoms with E-state index in [1.807, 2.05) is 6.92 Å². The van der Waals surface area contributed by atoms with E-state index in [1.165, 1.54) is 4.90 Å². The van der Waals surface area contributed by atoms with E-state index >= 15 is 0 Å². The van der Waals surface area contributed by atoms with Gasteiger partial charge in [-0.05, 0) is 52.2 Å². The third kappa shape index (κ3) is 6.08. The van der Waals surface area contributed by atoms with Gasteiger partial charge in [0.1, 0.15) is 11.6 Å². The van der Waals surface area contributed by atoms with Crippen LogP contribution in [0.25, 0.3) is 0 Å². The number of carbonyl (C=O) groups is 2. The summed E-state index contributed by atoms with van der Waals surface area (Å²) in [5.74, 6) is -1.34. The number of hydrogen-bond acceptors (Lipinski definition) is 4. The quantitative estimate of drug-likeness (QED) is 0.494. The molecule has 0 spiro atoms. The highest BCUT2D eigenvalue weighted by Gasteiger charge is 2.49. The van der Waals surface area contributed by atoms with Crippen LogP contribution in [0.5, 0.6) is 0 Å². The zero-order valence-electron chi connectivity index (χ0n) is 19.1. The molecule has 0 aromatic carbocycles. The van der Waals surface area contributed by atoms with Crippen molar-refractivity contribution in [3.63, 3.8) is 0 Å². The molecule has 1 saturated heterocycles. The Labute approximate surface area is 171 Å². The van der Waals surface area contributed by atoms with Gasteiger partial charge in [0.2, 0.25) is 0 Å². The average molecular weight is 414 g/mol. The van der Waals surface area contributed by atoms with E-state index in [9.17, 15) is 14.7 Å². The molecule has 1 aliphatic rings. The largest absolute Gasteiger partial charge is 0.480 e. The summed E-state index contributed by atoms with van der Waals surface area (Å²) in [5, 5.41) is 9.97. The van der Waals surface area contributed by atoms with Crippen molar-refractivity contribution in [2.45, 2.75) is 84.7 Å². The van der Waals surface area contributed by atoms with Crippen LogP contribution in [0.2, 0.25) is 18.1 Å². The zero-order valence-corrected chi connectivity index (χ0v) is 20.1. The maximum atomic E-state index is 12.6. The van der Waals surface area contributed by atoms with Crippen molar-refractivity contribution >= 4 is 20.4 Å². The van der Waals surface area contributed by atoms with Crippen molar-refractivity contribution in [1.82, 2.24) is 4.90 Å². The average Bonchev–Trinajstić information content (AvgIpc) is 2.84. The first-order valence-corrected chi connectivity index (χ1v) is 12.9. The van der Waals surface area contributed by atoms with Gasteiger partial charge in [-0.15, -0.1) is 0 Å². The van der Waals surface area contributed by atoms with Crippen LogP contribution < -0.4 is 0 Å². The van der Waals surface area contributed by atoms with Crippen LogP contribution in [0.3, 0.4) is 0 Å². The minimum atomic E-state index is -1.92. The standard InChI is InChI=1S/C21H39NO5Si/c1-14(2)16-13-22(19(25)27-20(3,4)5)17(18(23)24)15(16)11-12-26-28(9,10)21(6,7)8/h15-17H,1,11-13H2,2-10H3,(H,23,24)/t15-,16+,17-/m1/s1. The SMILES string of the molecule is C=C(C)[C@@H]1CN(C(=O)OC(C)(C)C)[C@@H](C(=O)O)[C@@H]1CCO[Si](C)(C)C(C)(C)C. The number of likely N-dealkylation sites (tertiary alicyclic amines) is 1. The number of nitrogens with zero attached hydrogens (tertiary/aromatic N) is 1. The van der Waals surface area contributed by atoms with Gasteiger partial charge in [0.05, 0.1) is 0 Å². The van der Waals surface area contributed by atoms with Crippen molar-refractivity contribution < 1.29 is 23.9 Å². The van der Waals surface area contributed by atoms with Crippen molar-refractivity contribution in [1.29, 1.82) is 0 Å². The van der Waals surface area contributed by atoms with Gasteiger partial charge in [-0.2, -0.15) is 0 Å². The number of carbonyl (C=O) groups excluding carboxylic acids is 1. The molecule has 1 fully saturated rings. The highest BCUT2D eigenvalue weighted by atomic mass is 28.4. The first kappa shape index (κ1) is 24.7. The lowest BCUT2D eigenvalue weighted by atomic mass is 9.84. The van der Waals surface area contributed by atoms with E-state index in [0.29, 0.717) is 19.6 Å². The Morgan fingerprint density at radius 3 is 2.11 bits per heavy atom. The van der Waals surface area contributed by atoms with Crippen LogP contribution in [-0.4, -0.2) is 55.2 Å². The fourth-order valence-electron chi connectivity index (χ4n) is 3.28. The van der Waals surface area contributed by atoms with Gasteiger partial charge in [0.25, 0.3) is 0 Å². The molecular weight excluding hydrogens is 374 g/mol. The summed E-state index contributed by atoms with van der Waals surface area (Å²) in [5.41, 5.74) is 0.206. The zero-order chi connectivity index (χ0) is 22.1. The summed E-state index contributed by atoms with van der Waals surface area (Å²) >= 11 is 0. The molecule has 1 N–H and O–H groups in total. The van der Waals surface area contributed by atoms with Gasteiger partial charge in [-0.25, -0.2) is 9.59 Å². The maximum Gasteiger partial charge on any atom is 0.411 e. The molecule has 1 amide bonds. The van der Waals surface area contributed by atoms with Crippen LogP contribution in [0, 0.1) is 11.8 Å². The first-order valence-electron chi connectivity index (χ1n) is 10.00. The predicted octanol–water partition coefficient (Wildman–Crippen LogP) is 4.91. The molecular formula is C21H39NO5Si. The Balaban J connectivity index is 3.01. The van der Waals surface area contributed by atoms with E-state index in [4.69, 9.17) is 9.16 Å². The Kier molecular flexibility index (Phi) is 7.56. The lowest BCUT2D eigenvalue weighted by Crippen LogP contribution is -2.46. The molecule has 7 heteroatoms. The second-order valence-corrected chi connectivity index (χ2v) is 15.2. The molecule has 1 rings (SSSR count). The molecule has 6 nitrogen and oxygen atoms in total. The summed E-state index contributed by atoms with van der Waals surface area (Å²) in [4.78, 5) is 26.1. The summed E-state index contributed by atoms with van der Waals surface area (Å²) in [7, 11) is -1.92. The topological polar surface area (TPSA) is 76.1 Å². The minimum Gasteiger partial charge on any atom is -0.480 e. The molecule has 162 valence electrons. The van der Waals surface area contributed by atoms with Crippen molar-refractivity contribution in [3.8, 4) is 0 Å². The van der Waals surface area contributed by atoms with Crippen molar-refractivity contribution in [3.05, 3.63) is 12.2 Å². The molecule has 0 saturated carbocycles. The van der Waals surface area contributed by atoms with Gasteiger partial charge < -0.3 is 14.3 Å². The molecule has 0 aliphatic carbocycles. The molecule has 1 aliphatic heterocycles. The van der Waals surface area contributed by atoms with Crippen LogP contribution in [-0.2, 0) is 14.0 Å². The smallest absolute Gasteiger partial charge is 0.411 e. The number of carboxylic acids is 1. The van der Waals surface area contributed by atoms with Gasteiger partial charge in [0.15, 0.2) is 8.32 Å². The number of aliphatic carboxylic acids is 1. The number of hydrogen-bond donors (Lipinski definition) is 1. The third-order valence-electron chi connectivity index (χ3n) is 5.89. The molecule has 0 bridgehead atoms. The lowest BCUT2D eigenvalue weighted by molar-refractivity contribution is -0.143. The molecule has 28 heavy (non-hydrogen) atoms. The van der Waals surface area contributed by atoms with E-state index < -0.39 is 32.0 Å². The summed E-state index contributed by atoms with van der Waals surface area (Å²) in [6, 6.07) is -0.931. The Morgan fingerprint density at radius 2 is 1.71 bits per heavy atom. The van der Waals surface area contributed by atoms with Crippen LogP contribution >= 0.6 is 0 Å². The van der Waals surface area contributed by atoms with Crippen molar-refractivity contribution in [2.24, 2.45) is 11.8 Å². The molecule has 3 atom stereocenters. The fraction of sp³-hybridized carbons (Fsp3) is 0.810. The normalized spacial score (nSPS) is 23.6. The van der Waals surface area contributed by atoms with Crippen LogP contribution in [0.1, 0.15) is 54.9 Å². The highest BCUT2D eigenvalue weighted by molar-refractivity contribution is 6.74. The van der Waals surface area contributed by atoms with Crippen molar-refractivity contribution in [2.75, 3.05) is 13.2 Å². The van der Waals surface area contributed by atoms with Gasteiger partial charge in [-0.3, -0.25) is 4.90 Å². The van der Waals surface area contributed by atoms with E-state index in [-0.39, 0.29) is 16.9 Å². The van der Waals surface area contributed by atoms with E-state index in [0.717, 1.165) is 5.57 Å². The third-order valence-corrected chi connectivity index (χ3v) is 10.4. The summed E-state index contributed by atoms with van der Waals surface area (Å²) < 4.78 is 11.7. The Morgan fingerprint density at radius 1 is 1.18 bits per heavy atom. The highest BCUT2D eigenvalue weighted by Crippen LogP contribution is 2.40. The van der Waals surface area contributed by atoms with Crippen LogP contribution in [0.15, 0.2) is 12.2 Å².